The third-order valence-corrected chi connectivity index (χ3v) is 5.95. The zero-order valence-electron chi connectivity index (χ0n) is 18.0. The minimum Gasteiger partial charge on any atom is -0.497 e. The highest BCUT2D eigenvalue weighted by atomic mass is 32.1. The van der Waals surface area contributed by atoms with Crippen molar-refractivity contribution in [2.75, 3.05) is 21.3 Å². The molecule has 4 aromatic rings. The van der Waals surface area contributed by atoms with E-state index < -0.39 is 5.56 Å². The molecule has 0 fully saturated rings. The number of aromatic nitrogens is 3. The number of hydrogen-bond acceptors (Lipinski definition) is 8. The fourth-order valence-electron chi connectivity index (χ4n) is 3.35. The van der Waals surface area contributed by atoms with Gasteiger partial charge in [-0.1, -0.05) is 0 Å². The van der Waals surface area contributed by atoms with E-state index in [9.17, 15) is 9.59 Å². The molecule has 8 nitrogen and oxygen atoms in total. The molecule has 2 aromatic heterocycles. The maximum Gasteiger partial charge on any atom is 0.294 e. The molecular weight excluding hydrogens is 430 g/mol. The number of benzene rings is 2. The van der Waals surface area contributed by atoms with Crippen molar-refractivity contribution in [2.24, 2.45) is 0 Å². The average Bonchev–Trinajstić information content (AvgIpc) is 3.22. The largest absolute Gasteiger partial charge is 0.497 e. The molecule has 9 heteroatoms. The summed E-state index contributed by atoms with van der Waals surface area (Å²) in [6.07, 6.45) is 0. The van der Waals surface area contributed by atoms with Crippen molar-refractivity contribution < 1.29 is 19.0 Å². The maximum atomic E-state index is 13.0. The van der Waals surface area contributed by atoms with Gasteiger partial charge in [-0.25, -0.2) is 9.67 Å². The van der Waals surface area contributed by atoms with E-state index in [1.165, 1.54) is 16.0 Å². The molecule has 0 bridgehead atoms. The third kappa shape index (κ3) is 3.94. The van der Waals surface area contributed by atoms with Gasteiger partial charge in [-0.3, -0.25) is 9.59 Å². The first kappa shape index (κ1) is 21.5. The number of Topliss-reactive ketones (excluding diaryl/α,β-unsaturated/α-hetero) is 1. The van der Waals surface area contributed by atoms with Crippen molar-refractivity contribution in [2.45, 2.75) is 13.5 Å². The SMILES string of the molecule is COc1ccc(C(=O)Cn2nc(-c3ccc(OC)c(OC)c3)c3sc(C)nc3c2=O)cc1. The fourth-order valence-corrected chi connectivity index (χ4v) is 4.27. The summed E-state index contributed by atoms with van der Waals surface area (Å²) >= 11 is 1.38. The zero-order valence-corrected chi connectivity index (χ0v) is 18.9. The molecule has 0 aliphatic rings. The lowest BCUT2D eigenvalue weighted by Gasteiger charge is -2.11. The van der Waals surface area contributed by atoms with E-state index in [4.69, 9.17) is 14.2 Å². The molecule has 32 heavy (non-hydrogen) atoms. The van der Waals surface area contributed by atoms with Crippen molar-refractivity contribution in [3.05, 3.63) is 63.4 Å². The average molecular weight is 452 g/mol. The summed E-state index contributed by atoms with van der Waals surface area (Å²) in [6, 6.07) is 12.1. The number of fused-ring (bicyclic) bond motifs is 1. The molecule has 4 rings (SSSR count). The van der Waals surface area contributed by atoms with Gasteiger partial charge in [-0.05, 0) is 49.4 Å². The number of thiazole rings is 1. The molecule has 0 saturated carbocycles. The maximum absolute atomic E-state index is 13.0. The van der Waals surface area contributed by atoms with E-state index in [1.807, 2.05) is 13.0 Å². The second-order valence-electron chi connectivity index (χ2n) is 6.94. The molecule has 2 heterocycles. The van der Waals surface area contributed by atoms with Crippen LogP contribution in [0.4, 0.5) is 0 Å². The van der Waals surface area contributed by atoms with Gasteiger partial charge in [0.2, 0.25) is 0 Å². The molecule has 0 unspecified atom stereocenters. The summed E-state index contributed by atoms with van der Waals surface area (Å²) in [5, 5.41) is 5.28. The molecule has 164 valence electrons. The summed E-state index contributed by atoms with van der Waals surface area (Å²) in [7, 11) is 4.67. The zero-order chi connectivity index (χ0) is 22.8. The Kier molecular flexibility index (Phi) is 5.91. The highest BCUT2D eigenvalue weighted by Crippen LogP contribution is 2.35. The first-order valence-corrected chi connectivity index (χ1v) is 10.5. The lowest BCUT2D eigenvalue weighted by atomic mass is 10.1. The molecule has 0 saturated heterocycles. The van der Waals surface area contributed by atoms with Crippen molar-refractivity contribution in [3.63, 3.8) is 0 Å². The molecule has 0 amide bonds. The Bertz CT molecular complexity index is 1360. The van der Waals surface area contributed by atoms with Crippen LogP contribution >= 0.6 is 11.3 Å². The number of hydrogen-bond donors (Lipinski definition) is 0. The van der Waals surface area contributed by atoms with Crippen LogP contribution in [0, 0.1) is 6.92 Å². The Morgan fingerprint density at radius 2 is 1.72 bits per heavy atom. The van der Waals surface area contributed by atoms with E-state index in [1.54, 1.807) is 57.7 Å². The van der Waals surface area contributed by atoms with Crippen LogP contribution in [-0.2, 0) is 6.54 Å². The van der Waals surface area contributed by atoms with Gasteiger partial charge in [0.1, 0.15) is 18.0 Å². The van der Waals surface area contributed by atoms with Gasteiger partial charge in [-0.2, -0.15) is 5.10 Å². The van der Waals surface area contributed by atoms with Gasteiger partial charge in [0, 0.05) is 11.1 Å². The minimum absolute atomic E-state index is 0.210. The summed E-state index contributed by atoms with van der Waals surface area (Å²) in [6.45, 7) is 1.62. The third-order valence-electron chi connectivity index (χ3n) is 4.97. The number of carbonyl (C=O) groups is 1. The Morgan fingerprint density at radius 3 is 2.38 bits per heavy atom. The van der Waals surface area contributed by atoms with Crippen molar-refractivity contribution in [1.29, 1.82) is 0 Å². The topological polar surface area (TPSA) is 92.5 Å². The normalized spacial score (nSPS) is 10.9. The Hall–Kier alpha value is -3.72. The molecular formula is C23H21N3O5S. The van der Waals surface area contributed by atoms with Crippen molar-refractivity contribution >= 4 is 27.3 Å². The van der Waals surface area contributed by atoms with E-state index in [0.29, 0.717) is 33.2 Å². The van der Waals surface area contributed by atoms with E-state index in [2.05, 4.69) is 10.1 Å². The number of methoxy groups -OCH3 is 3. The predicted octanol–water partition coefficient (Wildman–Crippen LogP) is 3.74. The fraction of sp³-hybridized carbons (Fsp3) is 0.217. The summed E-state index contributed by atoms with van der Waals surface area (Å²) in [5.41, 5.74) is 1.61. The lowest BCUT2D eigenvalue weighted by molar-refractivity contribution is 0.0966. The molecule has 0 spiro atoms. The van der Waals surface area contributed by atoms with Crippen LogP contribution in [0.15, 0.2) is 47.3 Å². The summed E-state index contributed by atoms with van der Waals surface area (Å²) in [4.78, 5) is 30.3. The van der Waals surface area contributed by atoms with Crippen molar-refractivity contribution in [3.8, 4) is 28.5 Å². The number of rotatable bonds is 7. The van der Waals surface area contributed by atoms with E-state index in [-0.39, 0.29) is 17.8 Å². The van der Waals surface area contributed by atoms with Gasteiger partial charge in [0.05, 0.1) is 31.0 Å². The van der Waals surface area contributed by atoms with E-state index >= 15 is 0 Å². The van der Waals surface area contributed by atoms with Gasteiger partial charge >= 0.3 is 0 Å². The van der Waals surface area contributed by atoms with Crippen LogP contribution in [0.25, 0.3) is 21.5 Å². The summed E-state index contributed by atoms with van der Waals surface area (Å²) < 4.78 is 17.7. The van der Waals surface area contributed by atoms with Gasteiger partial charge < -0.3 is 14.2 Å². The van der Waals surface area contributed by atoms with E-state index in [0.717, 1.165) is 10.6 Å². The Balaban J connectivity index is 1.81. The second-order valence-corrected chi connectivity index (χ2v) is 8.15. The molecule has 0 aliphatic heterocycles. The number of aryl methyl sites for hydroxylation is 1. The minimum atomic E-state index is -0.407. The second kappa shape index (κ2) is 8.80. The first-order valence-electron chi connectivity index (χ1n) is 9.73. The molecule has 0 aliphatic carbocycles. The van der Waals surface area contributed by atoms with Crippen molar-refractivity contribution in [1.82, 2.24) is 14.8 Å². The van der Waals surface area contributed by atoms with Gasteiger partial charge in [0.25, 0.3) is 5.56 Å². The smallest absolute Gasteiger partial charge is 0.294 e. The molecule has 0 radical (unpaired) electrons. The Labute approximate surface area is 188 Å². The lowest BCUT2D eigenvalue weighted by Crippen LogP contribution is -2.27. The molecule has 0 N–H and O–H groups in total. The molecule has 2 aromatic carbocycles. The van der Waals surface area contributed by atoms with Crippen LogP contribution in [0.5, 0.6) is 17.2 Å². The monoisotopic (exact) mass is 451 g/mol. The van der Waals surface area contributed by atoms with Crippen LogP contribution in [0.2, 0.25) is 0 Å². The van der Waals surface area contributed by atoms with Crippen LogP contribution in [0.3, 0.4) is 0 Å². The standard InChI is InChI=1S/C23H21N3O5S/c1-13-24-21-22(32-13)20(15-7-10-18(30-3)19(11-15)31-4)25-26(23(21)28)12-17(27)14-5-8-16(29-2)9-6-14/h5-11H,12H2,1-4H3. The highest BCUT2D eigenvalue weighted by molar-refractivity contribution is 7.19. The number of ketones is 1. The quantitative estimate of drug-likeness (QED) is 0.395. The first-order chi connectivity index (χ1) is 15.4. The Morgan fingerprint density at radius 1 is 1.00 bits per heavy atom. The highest BCUT2D eigenvalue weighted by Gasteiger charge is 2.19. The van der Waals surface area contributed by atoms with Crippen LogP contribution in [0.1, 0.15) is 15.4 Å². The van der Waals surface area contributed by atoms with Crippen LogP contribution < -0.4 is 19.8 Å². The summed E-state index contributed by atoms with van der Waals surface area (Å²) in [5.74, 6) is 1.52. The molecule has 0 atom stereocenters. The number of ether oxygens (including phenoxy) is 3. The van der Waals surface area contributed by atoms with Gasteiger partial charge in [-0.15, -0.1) is 11.3 Å². The predicted molar refractivity (Wildman–Crippen MR) is 122 cm³/mol. The van der Waals surface area contributed by atoms with Gasteiger partial charge in [0.15, 0.2) is 22.8 Å². The number of carbonyl (C=O) groups excluding carboxylic acids is 1. The number of nitrogens with zero attached hydrogens (tertiary/aromatic N) is 3. The van der Waals surface area contributed by atoms with Crippen LogP contribution in [-0.4, -0.2) is 41.9 Å².